The van der Waals surface area contributed by atoms with Crippen LogP contribution in [-0.2, 0) is 14.4 Å². The molecule has 1 heterocycles. The van der Waals surface area contributed by atoms with Crippen LogP contribution in [0.1, 0.15) is 24.3 Å². The molecule has 1 aromatic rings. The average molecular weight is 376 g/mol. The first kappa shape index (κ1) is 18.8. The van der Waals surface area contributed by atoms with Gasteiger partial charge in [-0.05, 0) is 17.9 Å². The minimum Gasteiger partial charge on any atom is -0.481 e. The summed E-state index contributed by atoms with van der Waals surface area (Å²) in [7, 11) is 0. The molecule has 7 heteroatoms. The predicted molar refractivity (Wildman–Crippen MR) is 100 cm³/mol. The molecule has 2 atom stereocenters. The smallest absolute Gasteiger partial charge is 0.304 e. The Morgan fingerprint density at radius 3 is 2.35 bits per heavy atom. The van der Waals surface area contributed by atoms with E-state index in [1.165, 1.54) is 17.3 Å². The van der Waals surface area contributed by atoms with Gasteiger partial charge in [0.25, 0.3) is 0 Å². The quantitative estimate of drug-likeness (QED) is 0.733. The number of hydrogen-bond donors (Lipinski definition) is 1. The number of benzene rings is 1. The van der Waals surface area contributed by atoms with E-state index in [1.807, 2.05) is 23.1 Å². The lowest BCUT2D eigenvalue weighted by molar-refractivity contribution is -0.139. The molecular formula is C19H24N2O4S. The lowest BCUT2D eigenvalue weighted by Gasteiger charge is -2.35. The molecule has 3 rings (SSSR count). The Kier molecular flexibility index (Phi) is 6.19. The molecule has 2 aliphatic rings. The molecule has 0 unspecified atom stereocenters. The predicted octanol–water partition coefficient (Wildman–Crippen LogP) is 1.67. The van der Waals surface area contributed by atoms with Crippen LogP contribution < -0.4 is 0 Å². The Morgan fingerprint density at radius 1 is 1.04 bits per heavy atom. The number of carboxylic acids is 1. The van der Waals surface area contributed by atoms with E-state index in [0.717, 1.165) is 6.42 Å². The summed E-state index contributed by atoms with van der Waals surface area (Å²) < 4.78 is 0. The van der Waals surface area contributed by atoms with E-state index in [9.17, 15) is 14.4 Å². The van der Waals surface area contributed by atoms with Crippen LogP contribution in [0.25, 0.3) is 0 Å². The molecule has 0 radical (unpaired) electrons. The lowest BCUT2D eigenvalue weighted by Crippen LogP contribution is -2.51. The Bertz CT molecular complexity index is 659. The average Bonchev–Trinajstić information content (AvgIpc) is 3.46. The molecule has 1 saturated carbocycles. The summed E-state index contributed by atoms with van der Waals surface area (Å²) in [4.78, 5) is 38.9. The van der Waals surface area contributed by atoms with Gasteiger partial charge in [-0.25, -0.2) is 0 Å². The maximum absolute atomic E-state index is 12.7. The first-order valence-corrected chi connectivity index (χ1v) is 10.1. The number of nitrogens with zero attached hydrogens (tertiary/aromatic N) is 2. The number of carbonyl (C=O) groups excluding carboxylic acids is 2. The Hall–Kier alpha value is -2.02. The molecule has 0 aromatic heterocycles. The Morgan fingerprint density at radius 2 is 1.69 bits per heavy atom. The van der Waals surface area contributed by atoms with Gasteiger partial charge in [-0.15, -0.1) is 0 Å². The lowest BCUT2D eigenvalue weighted by atomic mass is 10.1. The summed E-state index contributed by atoms with van der Waals surface area (Å²) in [6.45, 7) is 2.30. The van der Waals surface area contributed by atoms with E-state index >= 15 is 0 Å². The second-order valence-corrected chi connectivity index (χ2v) is 7.87. The SMILES string of the molecule is O=C(O)CCSCC(=O)N1CCN(C(=O)[C@@H]2C[C@H]2c2ccccc2)CC1. The number of rotatable bonds is 7. The van der Waals surface area contributed by atoms with Crippen LogP contribution in [0.3, 0.4) is 0 Å². The molecule has 1 aromatic carbocycles. The van der Waals surface area contributed by atoms with Gasteiger partial charge in [0.1, 0.15) is 0 Å². The molecule has 0 spiro atoms. The molecule has 1 N–H and O–H groups in total. The molecule has 2 fully saturated rings. The fourth-order valence-corrected chi connectivity index (χ4v) is 4.18. The number of carbonyl (C=O) groups is 3. The number of carboxylic acid groups (broad SMARTS) is 1. The zero-order chi connectivity index (χ0) is 18.5. The highest BCUT2D eigenvalue weighted by Gasteiger charge is 2.46. The fourth-order valence-electron chi connectivity index (χ4n) is 3.36. The molecule has 26 heavy (non-hydrogen) atoms. The summed E-state index contributed by atoms with van der Waals surface area (Å²) in [5, 5.41) is 8.60. The Labute approximate surface area is 157 Å². The van der Waals surface area contributed by atoms with Crippen molar-refractivity contribution < 1.29 is 19.5 Å². The molecule has 1 aliphatic heterocycles. The van der Waals surface area contributed by atoms with Crippen LogP contribution in [0.15, 0.2) is 30.3 Å². The van der Waals surface area contributed by atoms with Gasteiger partial charge in [-0.3, -0.25) is 14.4 Å². The number of amides is 2. The van der Waals surface area contributed by atoms with Gasteiger partial charge in [0, 0.05) is 37.8 Å². The van der Waals surface area contributed by atoms with Crippen molar-refractivity contribution in [3.05, 3.63) is 35.9 Å². The standard InChI is InChI=1S/C19H24N2O4S/c22-17(13-26-11-6-18(23)24)20-7-9-21(10-8-20)19(25)16-12-15(16)14-4-2-1-3-5-14/h1-5,15-16H,6-13H2,(H,23,24)/t15-,16+/m0/s1. The van der Waals surface area contributed by atoms with Gasteiger partial charge < -0.3 is 14.9 Å². The summed E-state index contributed by atoms with van der Waals surface area (Å²) >= 11 is 1.35. The van der Waals surface area contributed by atoms with E-state index in [0.29, 0.717) is 43.6 Å². The monoisotopic (exact) mass is 376 g/mol. The fraction of sp³-hybridized carbons (Fsp3) is 0.526. The molecular weight excluding hydrogens is 352 g/mol. The second kappa shape index (κ2) is 8.58. The third-order valence-electron chi connectivity index (χ3n) is 4.97. The van der Waals surface area contributed by atoms with Crippen LogP contribution >= 0.6 is 11.8 Å². The molecule has 1 saturated heterocycles. The van der Waals surface area contributed by atoms with Crippen LogP contribution in [0.5, 0.6) is 0 Å². The van der Waals surface area contributed by atoms with Crippen LogP contribution in [0, 0.1) is 5.92 Å². The van der Waals surface area contributed by atoms with Crippen molar-refractivity contribution >= 4 is 29.5 Å². The Balaban J connectivity index is 1.39. The first-order valence-electron chi connectivity index (χ1n) is 8.97. The van der Waals surface area contributed by atoms with Crippen molar-refractivity contribution in [2.75, 3.05) is 37.7 Å². The second-order valence-electron chi connectivity index (χ2n) is 6.76. The van der Waals surface area contributed by atoms with Crippen molar-refractivity contribution in [1.29, 1.82) is 0 Å². The minimum atomic E-state index is -0.842. The maximum atomic E-state index is 12.7. The van der Waals surface area contributed by atoms with Gasteiger partial charge in [0.15, 0.2) is 0 Å². The van der Waals surface area contributed by atoms with Crippen molar-refractivity contribution in [3.63, 3.8) is 0 Å². The zero-order valence-electron chi connectivity index (χ0n) is 14.7. The number of thioether (sulfide) groups is 1. The summed E-state index contributed by atoms with van der Waals surface area (Å²) in [5.41, 5.74) is 1.23. The maximum Gasteiger partial charge on any atom is 0.304 e. The van der Waals surface area contributed by atoms with E-state index < -0.39 is 5.97 Å². The minimum absolute atomic E-state index is 0.0288. The molecule has 6 nitrogen and oxygen atoms in total. The molecule has 1 aliphatic carbocycles. The van der Waals surface area contributed by atoms with Gasteiger partial charge in [-0.2, -0.15) is 11.8 Å². The third kappa shape index (κ3) is 4.78. The number of piperazine rings is 1. The van der Waals surface area contributed by atoms with Gasteiger partial charge in [0.05, 0.1) is 12.2 Å². The van der Waals surface area contributed by atoms with E-state index in [1.54, 1.807) is 4.90 Å². The van der Waals surface area contributed by atoms with Gasteiger partial charge in [0.2, 0.25) is 11.8 Å². The van der Waals surface area contributed by atoms with Crippen LogP contribution in [-0.4, -0.2) is 70.4 Å². The highest BCUT2D eigenvalue weighted by atomic mass is 32.2. The first-order chi connectivity index (χ1) is 12.6. The van der Waals surface area contributed by atoms with E-state index in [-0.39, 0.29) is 24.2 Å². The summed E-state index contributed by atoms with van der Waals surface area (Å²) in [6.07, 6.45) is 0.992. The molecule has 2 amide bonds. The van der Waals surface area contributed by atoms with Crippen molar-refractivity contribution in [2.24, 2.45) is 5.92 Å². The van der Waals surface area contributed by atoms with E-state index in [4.69, 9.17) is 5.11 Å². The molecule has 0 bridgehead atoms. The van der Waals surface area contributed by atoms with Crippen molar-refractivity contribution in [1.82, 2.24) is 9.80 Å². The number of aliphatic carboxylic acids is 1. The zero-order valence-corrected chi connectivity index (χ0v) is 15.5. The van der Waals surface area contributed by atoms with Crippen LogP contribution in [0.4, 0.5) is 0 Å². The summed E-state index contributed by atoms with van der Waals surface area (Å²) in [6, 6.07) is 10.2. The highest BCUT2D eigenvalue weighted by molar-refractivity contribution is 7.99. The summed E-state index contributed by atoms with van der Waals surface area (Å²) in [5.74, 6) is 0.580. The van der Waals surface area contributed by atoms with Gasteiger partial charge in [-0.1, -0.05) is 30.3 Å². The normalized spacial score (nSPS) is 22.2. The topological polar surface area (TPSA) is 77.9 Å². The number of hydrogen-bond acceptors (Lipinski definition) is 4. The van der Waals surface area contributed by atoms with Crippen LogP contribution in [0.2, 0.25) is 0 Å². The van der Waals surface area contributed by atoms with E-state index in [2.05, 4.69) is 12.1 Å². The van der Waals surface area contributed by atoms with Gasteiger partial charge >= 0.3 is 5.97 Å². The van der Waals surface area contributed by atoms with Crippen molar-refractivity contribution in [3.8, 4) is 0 Å². The molecule has 140 valence electrons. The largest absolute Gasteiger partial charge is 0.481 e. The van der Waals surface area contributed by atoms with Crippen molar-refractivity contribution in [2.45, 2.75) is 18.8 Å². The highest BCUT2D eigenvalue weighted by Crippen LogP contribution is 2.48. The third-order valence-corrected chi connectivity index (χ3v) is 5.91.